The highest BCUT2D eigenvalue weighted by atomic mass is 16.5. The molecule has 1 aromatic carbocycles. The molecular formula is C17H25NO2. The minimum absolute atomic E-state index is 0.0121. The summed E-state index contributed by atoms with van der Waals surface area (Å²) in [4.78, 5) is 11.9. The van der Waals surface area contributed by atoms with Crippen molar-refractivity contribution in [3.63, 3.8) is 0 Å². The minimum Gasteiger partial charge on any atom is -0.484 e. The molecule has 1 amide bonds. The molecule has 3 nitrogen and oxygen atoms in total. The number of benzene rings is 1. The average molecular weight is 275 g/mol. The largest absolute Gasteiger partial charge is 0.484 e. The molecule has 0 radical (unpaired) electrons. The van der Waals surface area contributed by atoms with Gasteiger partial charge < -0.3 is 10.1 Å². The molecule has 0 aliphatic heterocycles. The smallest absolute Gasteiger partial charge is 0.258 e. The van der Waals surface area contributed by atoms with Gasteiger partial charge in [0.25, 0.3) is 5.91 Å². The van der Waals surface area contributed by atoms with E-state index in [1.807, 2.05) is 25.1 Å². The third kappa shape index (κ3) is 3.99. The highest BCUT2D eigenvalue weighted by Crippen LogP contribution is 2.23. The summed E-state index contributed by atoms with van der Waals surface area (Å²) in [5, 5.41) is 3.10. The Bertz CT molecular complexity index is 470. The molecule has 0 heterocycles. The predicted molar refractivity (Wildman–Crippen MR) is 81.0 cm³/mol. The lowest BCUT2D eigenvalue weighted by Crippen LogP contribution is -2.43. The molecular weight excluding hydrogens is 250 g/mol. The van der Waals surface area contributed by atoms with Gasteiger partial charge in [-0.1, -0.05) is 25.8 Å². The molecule has 2 atom stereocenters. The third-order valence-electron chi connectivity index (χ3n) is 4.31. The summed E-state index contributed by atoms with van der Waals surface area (Å²) in [6.45, 7) is 6.43. The van der Waals surface area contributed by atoms with E-state index in [0.717, 1.165) is 12.2 Å². The second kappa shape index (κ2) is 6.78. The molecule has 20 heavy (non-hydrogen) atoms. The second-order valence-corrected chi connectivity index (χ2v) is 5.97. The van der Waals surface area contributed by atoms with Gasteiger partial charge in [0, 0.05) is 6.04 Å². The number of nitrogens with one attached hydrogen (secondary N) is 1. The number of aryl methyl sites for hydroxylation is 2. The zero-order valence-electron chi connectivity index (χ0n) is 12.7. The number of ether oxygens (including phenoxy) is 1. The van der Waals surface area contributed by atoms with E-state index in [0.29, 0.717) is 12.0 Å². The quantitative estimate of drug-likeness (QED) is 0.915. The first-order valence-corrected chi connectivity index (χ1v) is 7.55. The van der Waals surface area contributed by atoms with Gasteiger partial charge in [0.1, 0.15) is 5.75 Å². The average Bonchev–Trinajstić information content (AvgIpc) is 2.43. The van der Waals surface area contributed by atoms with Gasteiger partial charge in [-0.25, -0.2) is 0 Å². The van der Waals surface area contributed by atoms with E-state index in [1.165, 1.54) is 30.4 Å². The molecule has 0 aromatic heterocycles. The van der Waals surface area contributed by atoms with Crippen LogP contribution >= 0.6 is 0 Å². The Morgan fingerprint density at radius 3 is 2.70 bits per heavy atom. The molecule has 3 heteroatoms. The Kier molecular flexibility index (Phi) is 5.05. The molecule has 1 aliphatic rings. The van der Waals surface area contributed by atoms with Crippen molar-refractivity contribution in [2.24, 2.45) is 5.92 Å². The highest BCUT2D eigenvalue weighted by Gasteiger charge is 2.22. The molecule has 1 aliphatic carbocycles. The Morgan fingerprint density at radius 2 is 2.00 bits per heavy atom. The monoisotopic (exact) mass is 275 g/mol. The Morgan fingerprint density at radius 1 is 1.25 bits per heavy atom. The van der Waals surface area contributed by atoms with Crippen LogP contribution in [0.2, 0.25) is 0 Å². The number of carbonyl (C=O) groups excluding carboxylic acids is 1. The maximum absolute atomic E-state index is 11.9. The summed E-state index contributed by atoms with van der Waals surface area (Å²) >= 11 is 0. The first kappa shape index (κ1) is 14.9. The van der Waals surface area contributed by atoms with Crippen molar-refractivity contribution in [1.82, 2.24) is 5.32 Å². The van der Waals surface area contributed by atoms with Crippen molar-refractivity contribution in [3.05, 3.63) is 29.3 Å². The van der Waals surface area contributed by atoms with Crippen LogP contribution in [0.15, 0.2) is 18.2 Å². The summed E-state index contributed by atoms with van der Waals surface area (Å²) in [6, 6.07) is 6.23. The van der Waals surface area contributed by atoms with Gasteiger partial charge in [-0.15, -0.1) is 0 Å². The van der Waals surface area contributed by atoms with Crippen LogP contribution in [0, 0.1) is 19.8 Å². The lowest BCUT2D eigenvalue weighted by Gasteiger charge is -2.29. The highest BCUT2D eigenvalue weighted by molar-refractivity contribution is 5.77. The summed E-state index contributed by atoms with van der Waals surface area (Å²) in [5.74, 6) is 1.33. The summed E-state index contributed by atoms with van der Waals surface area (Å²) < 4.78 is 5.57. The van der Waals surface area contributed by atoms with Gasteiger partial charge >= 0.3 is 0 Å². The SMILES string of the molecule is Cc1ccc(OCC(=O)N[C@H]2CCCC[C@H]2C)cc1C. The van der Waals surface area contributed by atoms with E-state index < -0.39 is 0 Å². The normalized spacial score (nSPS) is 22.4. The van der Waals surface area contributed by atoms with Crippen LogP contribution in [0.1, 0.15) is 43.7 Å². The Hall–Kier alpha value is -1.51. The van der Waals surface area contributed by atoms with E-state index in [4.69, 9.17) is 4.74 Å². The topological polar surface area (TPSA) is 38.3 Å². The van der Waals surface area contributed by atoms with Crippen molar-refractivity contribution < 1.29 is 9.53 Å². The number of amides is 1. The zero-order valence-corrected chi connectivity index (χ0v) is 12.7. The molecule has 110 valence electrons. The van der Waals surface area contributed by atoms with Crippen molar-refractivity contribution in [3.8, 4) is 5.75 Å². The molecule has 1 N–H and O–H groups in total. The number of hydrogen-bond donors (Lipinski definition) is 1. The van der Waals surface area contributed by atoms with Crippen LogP contribution in [0.5, 0.6) is 5.75 Å². The first-order valence-electron chi connectivity index (χ1n) is 7.55. The van der Waals surface area contributed by atoms with E-state index in [1.54, 1.807) is 0 Å². The van der Waals surface area contributed by atoms with E-state index in [9.17, 15) is 4.79 Å². The fourth-order valence-electron chi connectivity index (χ4n) is 2.73. The summed E-state index contributed by atoms with van der Waals surface area (Å²) in [6.07, 6.45) is 4.81. The lowest BCUT2D eigenvalue weighted by atomic mass is 9.86. The maximum Gasteiger partial charge on any atom is 0.258 e. The molecule has 1 fully saturated rings. The zero-order chi connectivity index (χ0) is 14.5. The van der Waals surface area contributed by atoms with Crippen molar-refractivity contribution >= 4 is 5.91 Å². The molecule has 0 spiro atoms. The van der Waals surface area contributed by atoms with E-state index in [-0.39, 0.29) is 12.5 Å². The van der Waals surface area contributed by atoms with E-state index in [2.05, 4.69) is 19.2 Å². The first-order chi connectivity index (χ1) is 9.56. The van der Waals surface area contributed by atoms with Gasteiger partial charge in [-0.2, -0.15) is 0 Å². The number of hydrogen-bond acceptors (Lipinski definition) is 2. The van der Waals surface area contributed by atoms with Gasteiger partial charge in [-0.05, 0) is 55.9 Å². The maximum atomic E-state index is 11.9. The van der Waals surface area contributed by atoms with Crippen molar-refractivity contribution in [2.45, 2.75) is 52.5 Å². The fraction of sp³-hybridized carbons (Fsp3) is 0.588. The van der Waals surface area contributed by atoms with Crippen LogP contribution in [0.3, 0.4) is 0 Å². The van der Waals surface area contributed by atoms with Crippen LogP contribution in [-0.2, 0) is 4.79 Å². The number of carbonyl (C=O) groups is 1. The van der Waals surface area contributed by atoms with Crippen LogP contribution in [0.25, 0.3) is 0 Å². The van der Waals surface area contributed by atoms with Crippen LogP contribution in [0.4, 0.5) is 0 Å². The number of rotatable bonds is 4. The Balaban J connectivity index is 1.81. The second-order valence-electron chi connectivity index (χ2n) is 5.97. The molecule has 1 saturated carbocycles. The van der Waals surface area contributed by atoms with Gasteiger partial charge in [0.05, 0.1) is 0 Å². The summed E-state index contributed by atoms with van der Waals surface area (Å²) in [7, 11) is 0. The third-order valence-corrected chi connectivity index (χ3v) is 4.31. The van der Waals surface area contributed by atoms with Crippen LogP contribution in [-0.4, -0.2) is 18.6 Å². The van der Waals surface area contributed by atoms with Gasteiger partial charge in [0.15, 0.2) is 6.61 Å². The lowest BCUT2D eigenvalue weighted by molar-refractivity contribution is -0.124. The Labute approximate surface area is 121 Å². The minimum atomic E-state index is -0.0121. The van der Waals surface area contributed by atoms with Gasteiger partial charge in [-0.3, -0.25) is 4.79 Å². The van der Waals surface area contributed by atoms with Crippen molar-refractivity contribution in [2.75, 3.05) is 6.61 Å². The molecule has 1 aromatic rings. The van der Waals surface area contributed by atoms with Gasteiger partial charge in [0.2, 0.25) is 0 Å². The standard InChI is InChI=1S/C17H25NO2/c1-12-8-9-15(10-14(12)3)20-11-17(19)18-16-7-5-4-6-13(16)2/h8-10,13,16H,4-7,11H2,1-3H3,(H,18,19)/t13-,16+/m1/s1. The molecule has 0 saturated heterocycles. The van der Waals surface area contributed by atoms with E-state index >= 15 is 0 Å². The van der Waals surface area contributed by atoms with Crippen LogP contribution < -0.4 is 10.1 Å². The molecule has 0 bridgehead atoms. The predicted octanol–water partition coefficient (Wildman–Crippen LogP) is 3.38. The molecule has 0 unspecified atom stereocenters. The van der Waals surface area contributed by atoms with Crippen molar-refractivity contribution in [1.29, 1.82) is 0 Å². The summed E-state index contributed by atoms with van der Waals surface area (Å²) in [5.41, 5.74) is 2.42. The fourth-order valence-corrected chi connectivity index (χ4v) is 2.73. The molecule has 2 rings (SSSR count).